The number of carbonyl (C=O) groups is 2. The minimum absolute atomic E-state index is 0.0439. The summed E-state index contributed by atoms with van der Waals surface area (Å²) in [6.07, 6.45) is 2.62. The van der Waals surface area contributed by atoms with Gasteiger partial charge < -0.3 is 36.0 Å². The lowest BCUT2D eigenvalue weighted by Crippen LogP contribution is -2.36. The minimum Gasteiger partial charge on any atom is -0.504 e. The van der Waals surface area contributed by atoms with E-state index in [0.29, 0.717) is 63.0 Å². The van der Waals surface area contributed by atoms with Crippen LogP contribution in [-0.2, 0) is 36.2 Å². The highest BCUT2D eigenvalue weighted by atomic mass is 32.2. The highest BCUT2D eigenvalue weighted by Gasteiger charge is 2.36. The molecular weight excluding hydrogens is 798 g/mol. The first kappa shape index (κ1) is 45.3. The number of ketones is 2. The zero-order chi connectivity index (χ0) is 43.7. The summed E-state index contributed by atoms with van der Waals surface area (Å²) in [4.78, 5) is 30.0. The lowest BCUT2D eigenvalue weighted by Gasteiger charge is -2.25. The zero-order valence-electron chi connectivity index (χ0n) is 33.7. The molecule has 17 heteroatoms. The summed E-state index contributed by atoms with van der Waals surface area (Å²) in [5.74, 6) is -3.36. The molecular formula is C44H50B2N4O10S. The molecule has 0 radical (unpaired) electrons. The van der Waals surface area contributed by atoms with Gasteiger partial charge in [-0.3, -0.25) is 19.4 Å². The van der Waals surface area contributed by atoms with Crippen molar-refractivity contribution in [3.8, 4) is 11.5 Å². The molecule has 9 N–H and O–H groups in total. The lowest BCUT2D eigenvalue weighted by atomic mass is 9.77. The summed E-state index contributed by atoms with van der Waals surface area (Å²) in [6.45, 7) is 3.78. The van der Waals surface area contributed by atoms with Crippen LogP contribution in [0.5, 0.6) is 11.5 Å². The maximum atomic E-state index is 13.4. The van der Waals surface area contributed by atoms with Gasteiger partial charge >= 0.3 is 14.2 Å². The second-order valence-corrected chi connectivity index (χ2v) is 16.9. The number of nitrogens with one attached hydrogen (secondary N) is 1. The Morgan fingerprint density at radius 3 is 1.56 bits per heavy atom. The van der Waals surface area contributed by atoms with Crippen molar-refractivity contribution in [3.63, 3.8) is 0 Å². The number of nitrogens with two attached hydrogens (primary N) is 1. The minimum atomic E-state index is -4.45. The molecule has 1 aliphatic carbocycles. The first-order valence-electron chi connectivity index (χ1n) is 20.2. The van der Waals surface area contributed by atoms with Crippen molar-refractivity contribution >= 4 is 46.8 Å². The van der Waals surface area contributed by atoms with E-state index in [1.54, 1.807) is 36.4 Å². The number of rotatable bonds is 21. The molecule has 61 heavy (non-hydrogen) atoms. The van der Waals surface area contributed by atoms with Crippen LogP contribution in [0.1, 0.15) is 79.8 Å². The van der Waals surface area contributed by atoms with Crippen molar-refractivity contribution in [2.45, 2.75) is 56.8 Å². The molecule has 5 aromatic rings. The number of hydrogen-bond donors (Lipinski definition) is 8. The van der Waals surface area contributed by atoms with Crippen molar-refractivity contribution in [3.05, 3.63) is 148 Å². The smallest absolute Gasteiger partial charge is 0.488 e. The lowest BCUT2D eigenvalue weighted by molar-refractivity contribution is 0.0975. The van der Waals surface area contributed by atoms with Gasteiger partial charge in [-0.1, -0.05) is 97.1 Å². The number of carbonyl (C=O) groups excluding carboxylic acids is 2. The Morgan fingerprint density at radius 2 is 1.05 bits per heavy atom. The molecule has 1 aliphatic rings. The second-order valence-electron chi connectivity index (χ2n) is 15.2. The molecule has 0 saturated carbocycles. The Hall–Kier alpha value is -5.20. The van der Waals surface area contributed by atoms with Crippen LogP contribution in [-0.4, -0.2) is 101 Å². The van der Waals surface area contributed by atoms with Gasteiger partial charge in [-0.2, -0.15) is 0 Å². The molecule has 0 fully saturated rings. The quantitative estimate of drug-likeness (QED) is 0.0293. The molecule has 0 aliphatic heterocycles. The SMILES string of the molecule is NCCCCN(Cc1ccc(CN(CCCCNS(=O)(=O)c2cc3c(c(O)c2O)C(=O)c2ccccc2C3=O)Cc2ccccc2B(O)O)cc1)Cc1ccccc1B(O)O. The Morgan fingerprint density at radius 1 is 0.574 bits per heavy atom. The van der Waals surface area contributed by atoms with Crippen LogP contribution in [0.15, 0.2) is 108 Å². The third kappa shape index (κ3) is 11.0. The van der Waals surface area contributed by atoms with Gasteiger partial charge in [-0.25, -0.2) is 13.1 Å². The number of sulfonamides is 1. The molecule has 0 atom stereocenters. The Balaban J connectivity index is 1.12. The van der Waals surface area contributed by atoms with E-state index < -0.39 is 57.8 Å². The van der Waals surface area contributed by atoms with E-state index in [9.17, 15) is 48.3 Å². The number of phenols is 2. The molecule has 0 aromatic heterocycles. The first-order valence-corrected chi connectivity index (χ1v) is 21.6. The normalized spacial score (nSPS) is 12.5. The molecule has 6 rings (SSSR count). The number of nitrogens with zero attached hydrogens (tertiary/aromatic N) is 2. The topological polar surface area (TPSA) is 234 Å². The highest BCUT2D eigenvalue weighted by Crippen LogP contribution is 2.42. The van der Waals surface area contributed by atoms with Crippen LogP contribution in [0.2, 0.25) is 0 Å². The summed E-state index contributed by atoms with van der Waals surface area (Å²) in [7, 11) is -7.69. The van der Waals surface area contributed by atoms with E-state index in [1.165, 1.54) is 12.1 Å². The monoisotopic (exact) mass is 848 g/mol. The Labute approximate surface area is 356 Å². The summed E-state index contributed by atoms with van der Waals surface area (Å²) < 4.78 is 29.3. The van der Waals surface area contributed by atoms with Crippen LogP contribution in [0.3, 0.4) is 0 Å². The van der Waals surface area contributed by atoms with Gasteiger partial charge in [-0.05, 0) is 84.6 Å². The van der Waals surface area contributed by atoms with E-state index >= 15 is 0 Å². The third-order valence-corrected chi connectivity index (χ3v) is 12.3. The third-order valence-electron chi connectivity index (χ3n) is 10.8. The summed E-state index contributed by atoms with van der Waals surface area (Å²) >= 11 is 0. The summed E-state index contributed by atoms with van der Waals surface area (Å²) in [5.41, 5.74) is 9.55. The average molecular weight is 849 g/mol. The molecule has 0 spiro atoms. The van der Waals surface area contributed by atoms with Crippen LogP contribution < -0.4 is 21.4 Å². The number of fused-ring (bicyclic) bond motifs is 2. The van der Waals surface area contributed by atoms with Crippen LogP contribution in [0.25, 0.3) is 0 Å². The van der Waals surface area contributed by atoms with Gasteiger partial charge in [-0.15, -0.1) is 0 Å². The Bertz CT molecular complexity index is 2450. The van der Waals surface area contributed by atoms with Crippen molar-refractivity contribution in [1.29, 1.82) is 0 Å². The molecule has 0 unspecified atom stereocenters. The number of benzene rings is 5. The molecule has 0 saturated heterocycles. The van der Waals surface area contributed by atoms with Gasteiger partial charge in [0, 0.05) is 49.4 Å². The fourth-order valence-electron chi connectivity index (χ4n) is 7.67. The number of unbranched alkanes of at least 4 members (excludes halogenated alkanes) is 2. The Kier molecular flexibility index (Phi) is 15.3. The average Bonchev–Trinajstić information content (AvgIpc) is 3.24. The van der Waals surface area contributed by atoms with Crippen molar-refractivity contribution in [2.24, 2.45) is 5.73 Å². The van der Waals surface area contributed by atoms with E-state index in [0.717, 1.165) is 47.7 Å². The molecule has 14 nitrogen and oxygen atoms in total. The van der Waals surface area contributed by atoms with E-state index in [2.05, 4.69) is 14.5 Å². The molecule has 318 valence electrons. The highest BCUT2D eigenvalue weighted by molar-refractivity contribution is 7.89. The van der Waals surface area contributed by atoms with E-state index in [-0.39, 0.29) is 23.2 Å². The second kappa shape index (κ2) is 20.6. The van der Waals surface area contributed by atoms with Gasteiger partial charge in [0.15, 0.2) is 23.1 Å². The van der Waals surface area contributed by atoms with Gasteiger partial charge in [0.25, 0.3) is 0 Å². The van der Waals surface area contributed by atoms with Crippen molar-refractivity contribution in [1.82, 2.24) is 14.5 Å². The van der Waals surface area contributed by atoms with E-state index in [4.69, 9.17) is 5.73 Å². The molecule has 0 bridgehead atoms. The summed E-state index contributed by atoms with van der Waals surface area (Å²) in [5, 5.41) is 61.5. The summed E-state index contributed by atoms with van der Waals surface area (Å²) in [6, 6.07) is 29.3. The van der Waals surface area contributed by atoms with Gasteiger partial charge in [0.1, 0.15) is 4.90 Å². The van der Waals surface area contributed by atoms with Gasteiger partial charge in [0.2, 0.25) is 10.0 Å². The molecule has 0 amide bonds. The first-order chi connectivity index (χ1) is 29.3. The number of hydrogen-bond acceptors (Lipinski definition) is 13. The largest absolute Gasteiger partial charge is 0.504 e. The van der Waals surface area contributed by atoms with Crippen molar-refractivity contribution < 1.29 is 48.3 Å². The predicted octanol–water partition coefficient (Wildman–Crippen LogP) is 1.73. The van der Waals surface area contributed by atoms with Crippen LogP contribution in [0.4, 0.5) is 0 Å². The van der Waals surface area contributed by atoms with Gasteiger partial charge in [0.05, 0.1) is 5.56 Å². The number of aromatic hydroxyl groups is 2. The standard InChI is InChI=1S/C44H50B2N4O10S/c47-21-7-9-23-49(28-32-11-1-5-15-37(32)45(55)56)26-30-17-19-31(20-18-30)27-50(29-33-12-2-6-16-38(33)46(57)58)24-10-8-22-48-61(59,60)39-25-36-40(44(54)43(39)53)42(52)35-14-4-3-13-34(35)41(36)51/h1-6,11-20,25,48,53-58H,7-10,21-24,26-29,47H2. The predicted molar refractivity (Wildman–Crippen MR) is 233 cm³/mol. The maximum absolute atomic E-state index is 13.4. The number of phenolic OH excluding ortho intramolecular Hbond substituents is 2. The van der Waals surface area contributed by atoms with Crippen LogP contribution >= 0.6 is 0 Å². The van der Waals surface area contributed by atoms with Crippen LogP contribution in [0, 0.1) is 0 Å². The fraction of sp³-hybridized carbons (Fsp3) is 0.273. The fourth-order valence-corrected chi connectivity index (χ4v) is 8.86. The van der Waals surface area contributed by atoms with E-state index in [1.807, 2.05) is 48.5 Å². The zero-order valence-corrected chi connectivity index (χ0v) is 34.5. The molecule has 5 aromatic carbocycles. The molecule has 0 heterocycles. The van der Waals surface area contributed by atoms with Crippen molar-refractivity contribution in [2.75, 3.05) is 26.2 Å². The maximum Gasteiger partial charge on any atom is 0.488 e.